The smallest absolute Gasteiger partial charge is 0.378 e. The number of carbonyl (C=O) groups is 1. The Balaban J connectivity index is 1.50. The van der Waals surface area contributed by atoms with Crippen LogP contribution in [0.5, 0.6) is 0 Å². The predicted molar refractivity (Wildman–Crippen MR) is 110 cm³/mol. The Hall–Kier alpha value is -2.92. The third-order valence-corrected chi connectivity index (χ3v) is 5.77. The summed E-state index contributed by atoms with van der Waals surface area (Å²) in [5.74, 6) is -0.00618. The molecule has 2 aliphatic heterocycles. The second kappa shape index (κ2) is 9.29. The molecule has 2 N–H and O–H groups in total. The molecule has 8 nitrogen and oxygen atoms in total. The van der Waals surface area contributed by atoms with E-state index in [-0.39, 0.29) is 37.8 Å². The molecule has 4 rings (SSSR count). The molecule has 0 radical (unpaired) electrons. The molecule has 1 aromatic carbocycles. The van der Waals surface area contributed by atoms with E-state index < -0.39 is 23.3 Å². The Morgan fingerprint density at radius 1 is 1.22 bits per heavy atom. The maximum atomic E-state index is 13.6. The van der Waals surface area contributed by atoms with E-state index in [2.05, 4.69) is 10.4 Å². The summed E-state index contributed by atoms with van der Waals surface area (Å²) in [6.45, 7) is 3.25. The van der Waals surface area contributed by atoms with E-state index in [1.54, 1.807) is 4.90 Å². The molecule has 1 fully saturated rings. The number of aromatic nitrogens is 2. The third-order valence-electron chi connectivity index (χ3n) is 5.77. The number of aromatic amines is 1. The Morgan fingerprint density at radius 2 is 1.97 bits per heavy atom. The highest BCUT2D eigenvalue weighted by Gasteiger charge is 2.41. The van der Waals surface area contributed by atoms with Gasteiger partial charge in [0.1, 0.15) is 5.56 Å². The lowest BCUT2D eigenvalue weighted by Crippen LogP contribution is -2.46. The number of carbonyl (C=O) groups excluding carboxylic acids is 1. The summed E-state index contributed by atoms with van der Waals surface area (Å²) in [5, 5.41) is 8.65. The molecule has 172 valence electrons. The van der Waals surface area contributed by atoms with Crippen LogP contribution in [0.25, 0.3) is 0 Å². The van der Waals surface area contributed by atoms with Gasteiger partial charge in [0.15, 0.2) is 0 Å². The minimum atomic E-state index is -4.83. The number of anilines is 1. The number of ether oxygens (including phenoxy) is 1. The van der Waals surface area contributed by atoms with Crippen molar-refractivity contribution in [3.63, 3.8) is 0 Å². The van der Waals surface area contributed by atoms with Crippen molar-refractivity contribution >= 4 is 11.6 Å². The molecule has 1 aromatic heterocycles. The Kier molecular flexibility index (Phi) is 6.47. The highest BCUT2D eigenvalue weighted by atomic mass is 19.4. The average molecular weight is 451 g/mol. The number of amides is 1. The lowest BCUT2D eigenvalue weighted by molar-refractivity contribution is -0.138. The van der Waals surface area contributed by atoms with Crippen LogP contribution in [-0.4, -0.2) is 60.4 Å². The minimum Gasteiger partial charge on any atom is -0.378 e. The zero-order valence-corrected chi connectivity index (χ0v) is 17.3. The predicted octanol–water partition coefficient (Wildman–Crippen LogP) is 1.69. The summed E-state index contributed by atoms with van der Waals surface area (Å²) in [5.41, 5.74) is -1.17. The van der Waals surface area contributed by atoms with Crippen LogP contribution < -0.4 is 15.8 Å². The first-order valence-corrected chi connectivity index (χ1v) is 10.4. The highest BCUT2D eigenvalue weighted by molar-refractivity contribution is 5.76. The van der Waals surface area contributed by atoms with Gasteiger partial charge < -0.3 is 19.9 Å². The van der Waals surface area contributed by atoms with E-state index >= 15 is 0 Å². The summed E-state index contributed by atoms with van der Waals surface area (Å²) in [7, 11) is 0. The number of hydrogen-bond donors (Lipinski definition) is 2. The second-order valence-corrected chi connectivity index (χ2v) is 7.76. The van der Waals surface area contributed by atoms with Gasteiger partial charge in [-0.1, -0.05) is 24.3 Å². The number of nitrogens with zero attached hydrogens (tertiary/aromatic N) is 3. The van der Waals surface area contributed by atoms with Gasteiger partial charge in [0, 0.05) is 32.7 Å². The molecule has 1 atom stereocenters. The molecule has 11 heteroatoms. The first kappa shape index (κ1) is 22.3. The van der Waals surface area contributed by atoms with Crippen molar-refractivity contribution in [3.8, 4) is 0 Å². The lowest BCUT2D eigenvalue weighted by Gasteiger charge is -2.29. The molecular formula is C21H24F3N5O3. The molecule has 0 unspecified atom stereocenters. The second-order valence-electron chi connectivity index (χ2n) is 7.76. The molecule has 1 saturated heterocycles. The number of halogens is 3. The SMILES string of the molecule is O=C(CCOC[C@@H]1c2ccccc2CN1c1cn[nH]c(=O)c1C(F)(F)F)N1CCNCC1. The Morgan fingerprint density at radius 3 is 2.72 bits per heavy atom. The molecule has 1 amide bonds. The quantitative estimate of drug-likeness (QED) is 0.650. The van der Waals surface area contributed by atoms with Crippen molar-refractivity contribution in [2.75, 3.05) is 44.3 Å². The van der Waals surface area contributed by atoms with Crippen LogP contribution >= 0.6 is 0 Å². The van der Waals surface area contributed by atoms with Crippen LogP contribution in [0.2, 0.25) is 0 Å². The summed E-state index contributed by atoms with van der Waals surface area (Å²) in [6, 6.07) is 6.76. The number of H-pyrrole nitrogens is 1. The number of alkyl halides is 3. The summed E-state index contributed by atoms with van der Waals surface area (Å²) in [4.78, 5) is 27.5. The zero-order chi connectivity index (χ0) is 22.7. The zero-order valence-electron chi connectivity index (χ0n) is 17.3. The van der Waals surface area contributed by atoms with Gasteiger partial charge in [0.2, 0.25) is 5.91 Å². The Labute approximate surface area is 182 Å². The van der Waals surface area contributed by atoms with E-state index in [9.17, 15) is 22.8 Å². The highest BCUT2D eigenvalue weighted by Crippen LogP contribution is 2.41. The number of benzene rings is 1. The van der Waals surface area contributed by atoms with Gasteiger partial charge in [-0.15, -0.1) is 0 Å². The summed E-state index contributed by atoms with van der Waals surface area (Å²) < 4.78 is 46.7. The molecule has 0 spiro atoms. The van der Waals surface area contributed by atoms with Gasteiger partial charge >= 0.3 is 6.18 Å². The first-order valence-electron chi connectivity index (χ1n) is 10.4. The number of piperazine rings is 1. The van der Waals surface area contributed by atoms with Gasteiger partial charge in [-0.25, -0.2) is 5.10 Å². The van der Waals surface area contributed by atoms with Gasteiger partial charge in [0.25, 0.3) is 5.56 Å². The van der Waals surface area contributed by atoms with Crippen molar-refractivity contribution in [3.05, 3.63) is 57.5 Å². The number of fused-ring (bicyclic) bond motifs is 1. The Bertz CT molecular complexity index is 1020. The van der Waals surface area contributed by atoms with E-state index in [0.29, 0.717) is 13.1 Å². The van der Waals surface area contributed by atoms with Crippen LogP contribution in [0.15, 0.2) is 35.3 Å². The number of rotatable bonds is 6. The van der Waals surface area contributed by atoms with Crippen LogP contribution in [-0.2, 0) is 22.3 Å². The number of nitrogens with one attached hydrogen (secondary N) is 2. The fourth-order valence-electron chi connectivity index (χ4n) is 4.21. The van der Waals surface area contributed by atoms with Crippen molar-refractivity contribution in [2.45, 2.75) is 25.2 Å². The van der Waals surface area contributed by atoms with Crippen LogP contribution in [0, 0.1) is 0 Å². The monoisotopic (exact) mass is 451 g/mol. The van der Waals surface area contributed by atoms with Crippen molar-refractivity contribution in [1.29, 1.82) is 0 Å². The van der Waals surface area contributed by atoms with E-state index in [0.717, 1.165) is 30.4 Å². The molecular weight excluding hydrogens is 427 g/mol. The van der Waals surface area contributed by atoms with Crippen molar-refractivity contribution < 1.29 is 22.7 Å². The average Bonchev–Trinajstić information content (AvgIpc) is 3.14. The summed E-state index contributed by atoms with van der Waals surface area (Å²) in [6.07, 6.45) is -3.60. The van der Waals surface area contributed by atoms with Gasteiger partial charge in [-0.3, -0.25) is 9.59 Å². The maximum absolute atomic E-state index is 13.6. The third kappa shape index (κ3) is 4.63. The standard InChI is InChI=1S/C21H24F3N5O3/c22-21(23,24)19-16(11-26-27-20(19)31)29-12-14-3-1-2-4-15(14)17(29)13-32-10-5-18(30)28-8-6-25-7-9-28/h1-4,11,17,25H,5-10,12-13H2,(H,27,31)/t17-/m1/s1. The molecule has 0 aliphatic carbocycles. The molecule has 3 heterocycles. The fraction of sp³-hybridized carbons (Fsp3) is 0.476. The maximum Gasteiger partial charge on any atom is 0.423 e. The van der Waals surface area contributed by atoms with Crippen molar-refractivity contribution in [2.24, 2.45) is 0 Å². The van der Waals surface area contributed by atoms with Crippen LogP contribution in [0.3, 0.4) is 0 Å². The topological polar surface area (TPSA) is 90.6 Å². The normalized spacial score (nSPS) is 18.7. The minimum absolute atomic E-state index is 0.00618. The fourth-order valence-corrected chi connectivity index (χ4v) is 4.21. The summed E-state index contributed by atoms with van der Waals surface area (Å²) >= 11 is 0. The van der Waals surface area contributed by atoms with E-state index in [1.165, 1.54) is 4.90 Å². The van der Waals surface area contributed by atoms with Gasteiger partial charge in [-0.2, -0.15) is 18.3 Å². The lowest BCUT2D eigenvalue weighted by atomic mass is 10.1. The molecule has 2 aromatic rings. The van der Waals surface area contributed by atoms with Crippen molar-refractivity contribution in [1.82, 2.24) is 20.4 Å². The molecule has 2 aliphatic rings. The van der Waals surface area contributed by atoms with Crippen LogP contribution in [0.1, 0.15) is 29.2 Å². The largest absolute Gasteiger partial charge is 0.423 e. The molecule has 0 saturated carbocycles. The van der Waals surface area contributed by atoms with Gasteiger partial charge in [-0.05, 0) is 11.1 Å². The van der Waals surface area contributed by atoms with Gasteiger partial charge in [0.05, 0.1) is 37.6 Å². The molecule has 32 heavy (non-hydrogen) atoms. The number of hydrogen-bond acceptors (Lipinski definition) is 6. The molecule has 0 bridgehead atoms. The van der Waals surface area contributed by atoms with E-state index in [4.69, 9.17) is 4.74 Å². The first-order chi connectivity index (χ1) is 15.4. The van der Waals surface area contributed by atoms with E-state index in [1.807, 2.05) is 29.4 Å². The van der Waals surface area contributed by atoms with Crippen LogP contribution in [0.4, 0.5) is 18.9 Å².